The first-order chi connectivity index (χ1) is 5.20. The third-order valence-electron chi connectivity index (χ3n) is 1.72. The molecule has 11 heavy (non-hydrogen) atoms. The first-order valence-corrected chi connectivity index (χ1v) is 4.17. The predicted molar refractivity (Wildman–Crippen MR) is 46.1 cm³/mol. The Morgan fingerprint density at radius 2 is 2.27 bits per heavy atom. The Kier molecular flexibility index (Phi) is 5.84. The Labute approximate surface area is 68.3 Å². The minimum Gasteiger partial charge on any atom is -0.356 e. The van der Waals surface area contributed by atoms with Crippen LogP contribution in [0.1, 0.15) is 26.7 Å². The molecule has 0 saturated heterocycles. The average Bonchev–Trinajstić information content (AvgIpc) is 2.01. The first-order valence-electron chi connectivity index (χ1n) is 4.17. The smallest absolute Gasteiger partial charge is 0.221 e. The standard InChI is InChI=1S/C8H18N2O/c1-3-7(2)6-10-8(11)4-5-9/h7H,3-6,9H2,1-2H3,(H,10,11). The van der Waals surface area contributed by atoms with Crippen LogP contribution in [0.15, 0.2) is 0 Å². The van der Waals surface area contributed by atoms with E-state index in [2.05, 4.69) is 19.2 Å². The molecular formula is C8H18N2O. The van der Waals surface area contributed by atoms with E-state index in [4.69, 9.17) is 5.73 Å². The molecule has 0 aliphatic heterocycles. The minimum absolute atomic E-state index is 0.0628. The molecule has 3 nitrogen and oxygen atoms in total. The van der Waals surface area contributed by atoms with Gasteiger partial charge in [-0.2, -0.15) is 0 Å². The van der Waals surface area contributed by atoms with Crippen LogP contribution in [-0.4, -0.2) is 19.0 Å². The molecule has 0 spiro atoms. The highest BCUT2D eigenvalue weighted by Gasteiger charge is 2.01. The quantitative estimate of drug-likeness (QED) is 0.612. The van der Waals surface area contributed by atoms with Gasteiger partial charge in [-0.15, -0.1) is 0 Å². The minimum atomic E-state index is 0.0628. The summed E-state index contributed by atoms with van der Waals surface area (Å²) < 4.78 is 0. The second-order valence-corrected chi connectivity index (χ2v) is 2.86. The van der Waals surface area contributed by atoms with Gasteiger partial charge in [0.15, 0.2) is 0 Å². The molecule has 0 bridgehead atoms. The first kappa shape index (κ1) is 10.4. The Morgan fingerprint density at radius 1 is 1.64 bits per heavy atom. The summed E-state index contributed by atoms with van der Waals surface area (Å²) in [4.78, 5) is 10.9. The molecule has 1 unspecified atom stereocenters. The van der Waals surface area contributed by atoms with E-state index in [1.54, 1.807) is 0 Å². The molecule has 0 aromatic carbocycles. The van der Waals surface area contributed by atoms with Crippen molar-refractivity contribution in [1.29, 1.82) is 0 Å². The van der Waals surface area contributed by atoms with Crippen LogP contribution in [0.2, 0.25) is 0 Å². The number of hydrogen-bond acceptors (Lipinski definition) is 2. The van der Waals surface area contributed by atoms with Crippen molar-refractivity contribution < 1.29 is 4.79 Å². The van der Waals surface area contributed by atoms with Gasteiger partial charge in [0.05, 0.1) is 0 Å². The Balaban J connectivity index is 3.30. The molecule has 3 N–H and O–H groups in total. The van der Waals surface area contributed by atoms with Crippen molar-refractivity contribution in [3.8, 4) is 0 Å². The maximum absolute atomic E-state index is 10.9. The number of nitrogens with one attached hydrogen (secondary N) is 1. The molecule has 0 aromatic rings. The van der Waals surface area contributed by atoms with Crippen molar-refractivity contribution in [3.05, 3.63) is 0 Å². The third-order valence-corrected chi connectivity index (χ3v) is 1.72. The van der Waals surface area contributed by atoms with Crippen LogP contribution in [0, 0.1) is 5.92 Å². The highest BCUT2D eigenvalue weighted by molar-refractivity contribution is 5.75. The number of carbonyl (C=O) groups excluding carboxylic acids is 1. The van der Waals surface area contributed by atoms with E-state index in [-0.39, 0.29) is 5.91 Å². The maximum atomic E-state index is 10.9. The molecule has 3 heteroatoms. The number of nitrogens with two attached hydrogens (primary N) is 1. The summed E-state index contributed by atoms with van der Waals surface area (Å²) in [6, 6.07) is 0. The molecule has 0 saturated carbocycles. The summed E-state index contributed by atoms with van der Waals surface area (Å²) >= 11 is 0. The van der Waals surface area contributed by atoms with Crippen molar-refractivity contribution in [2.24, 2.45) is 11.7 Å². The zero-order chi connectivity index (χ0) is 8.69. The lowest BCUT2D eigenvalue weighted by Gasteiger charge is -2.08. The largest absolute Gasteiger partial charge is 0.356 e. The third kappa shape index (κ3) is 5.85. The fraction of sp³-hybridized carbons (Fsp3) is 0.875. The van der Waals surface area contributed by atoms with Crippen LogP contribution in [-0.2, 0) is 4.79 Å². The number of rotatable bonds is 5. The van der Waals surface area contributed by atoms with Gasteiger partial charge in [-0.05, 0) is 5.92 Å². The number of amides is 1. The van der Waals surface area contributed by atoms with E-state index in [0.29, 0.717) is 18.9 Å². The molecule has 0 aromatic heterocycles. The molecule has 1 atom stereocenters. The zero-order valence-corrected chi connectivity index (χ0v) is 7.39. The lowest BCUT2D eigenvalue weighted by molar-refractivity contribution is -0.121. The van der Waals surface area contributed by atoms with Crippen molar-refractivity contribution in [2.75, 3.05) is 13.1 Å². The molecule has 0 radical (unpaired) electrons. The molecule has 0 fully saturated rings. The van der Waals surface area contributed by atoms with E-state index in [0.717, 1.165) is 13.0 Å². The second kappa shape index (κ2) is 6.16. The Morgan fingerprint density at radius 3 is 2.73 bits per heavy atom. The van der Waals surface area contributed by atoms with Gasteiger partial charge in [0.1, 0.15) is 0 Å². The molecular weight excluding hydrogens is 140 g/mol. The Bertz CT molecular complexity index is 115. The van der Waals surface area contributed by atoms with E-state index in [1.165, 1.54) is 0 Å². The van der Waals surface area contributed by atoms with Gasteiger partial charge >= 0.3 is 0 Å². The second-order valence-electron chi connectivity index (χ2n) is 2.86. The number of hydrogen-bond donors (Lipinski definition) is 2. The summed E-state index contributed by atoms with van der Waals surface area (Å²) in [7, 11) is 0. The van der Waals surface area contributed by atoms with Gasteiger partial charge < -0.3 is 11.1 Å². The van der Waals surface area contributed by atoms with Gasteiger partial charge in [-0.3, -0.25) is 4.79 Å². The maximum Gasteiger partial charge on any atom is 0.221 e. The lowest BCUT2D eigenvalue weighted by atomic mass is 10.1. The normalized spacial score (nSPS) is 12.6. The van der Waals surface area contributed by atoms with Gasteiger partial charge in [0.25, 0.3) is 0 Å². The van der Waals surface area contributed by atoms with E-state index in [1.807, 2.05) is 0 Å². The average molecular weight is 158 g/mol. The SMILES string of the molecule is CCC(C)CNC(=O)CCN. The monoisotopic (exact) mass is 158 g/mol. The molecule has 0 heterocycles. The van der Waals surface area contributed by atoms with E-state index < -0.39 is 0 Å². The van der Waals surface area contributed by atoms with Crippen LogP contribution in [0.4, 0.5) is 0 Å². The van der Waals surface area contributed by atoms with Crippen molar-refractivity contribution >= 4 is 5.91 Å². The summed E-state index contributed by atoms with van der Waals surface area (Å²) in [6.45, 7) is 5.43. The summed E-state index contributed by atoms with van der Waals surface area (Å²) in [6.07, 6.45) is 1.54. The molecule has 0 aliphatic rings. The van der Waals surface area contributed by atoms with Gasteiger partial charge in [0.2, 0.25) is 5.91 Å². The summed E-state index contributed by atoms with van der Waals surface area (Å²) in [5.41, 5.74) is 5.21. The van der Waals surface area contributed by atoms with Crippen molar-refractivity contribution in [3.63, 3.8) is 0 Å². The number of carbonyl (C=O) groups is 1. The van der Waals surface area contributed by atoms with Gasteiger partial charge in [-0.1, -0.05) is 20.3 Å². The van der Waals surface area contributed by atoms with Crippen LogP contribution >= 0.6 is 0 Å². The Hall–Kier alpha value is -0.570. The van der Waals surface area contributed by atoms with Gasteiger partial charge in [0, 0.05) is 19.5 Å². The van der Waals surface area contributed by atoms with Crippen LogP contribution in [0.3, 0.4) is 0 Å². The van der Waals surface area contributed by atoms with Crippen LogP contribution in [0.5, 0.6) is 0 Å². The highest BCUT2D eigenvalue weighted by Crippen LogP contribution is 1.96. The fourth-order valence-corrected chi connectivity index (χ4v) is 0.652. The van der Waals surface area contributed by atoms with Gasteiger partial charge in [-0.25, -0.2) is 0 Å². The highest BCUT2D eigenvalue weighted by atomic mass is 16.1. The molecule has 66 valence electrons. The fourth-order valence-electron chi connectivity index (χ4n) is 0.652. The molecule has 1 amide bonds. The topological polar surface area (TPSA) is 55.1 Å². The molecule has 0 aliphatic carbocycles. The lowest BCUT2D eigenvalue weighted by Crippen LogP contribution is -2.29. The summed E-state index contributed by atoms with van der Waals surface area (Å²) in [5, 5.41) is 2.82. The molecule has 0 rings (SSSR count). The van der Waals surface area contributed by atoms with Crippen LogP contribution < -0.4 is 11.1 Å². The van der Waals surface area contributed by atoms with Crippen molar-refractivity contribution in [1.82, 2.24) is 5.32 Å². The van der Waals surface area contributed by atoms with Crippen LogP contribution in [0.25, 0.3) is 0 Å². The van der Waals surface area contributed by atoms with E-state index >= 15 is 0 Å². The van der Waals surface area contributed by atoms with Crippen molar-refractivity contribution in [2.45, 2.75) is 26.7 Å². The summed E-state index contributed by atoms with van der Waals surface area (Å²) in [5.74, 6) is 0.629. The van der Waals surface area contributed by atoms with E-state index in [9.17, 15) is 4.79 Å². The zero-order valence-electron chi connectivity index (χ0n) is 7.39. The predicted octanol–water partition coefficient (Wildman–Crippen LogP) is 0.497.